The minimum absolute atomic E-state index is 0.0177. The first-order valence-corrected chi connectivity index (χ1v) is 18.8. The van der Waals surface area contributed by atoms with E-state index in [4.69, 9.17) is 0 Å². The van der Waals surface area contributed by atoms with Gasteiger partial charge >= 0.3 is 0 Å². The first-order chi connectivity index (χ1) is 27.6. The summed E-state index contributed by atoms with van der Waals surface area (Å²) >= 11 is 0. The van der Waals surface area contributed by atoms with Crippen LogP contribution in [0.4, 0.5) is 17.6 Å². The topological polar surface area (TPSA) is 143 Å². The summed E-state index contributed by atoms with van der Waals surface area (Å²) in [5.74, 6) is -5.63. The molecule has 0 aliphatic heterocycles. The zero-order chi connectivity index (χ0) is 42.4. The number of aromatic hydroxyl groups is 2. The second kappa shape index (κ2) is 18.2. The van der Waals surface area contributed by atoms with Crippen molar-refractivity contribution in [2.24, 2.45) is 0 Å². The smallest absolute Gasteiger partial charge is 0.262 e. The van der Waals surface area contributed by atoms with Crippen molar-refractivity contribution >= 4 is 45.4 Å². The van der Waals surface area contributed by atoms with Crippen molar-refractivity contribution in [3.8, 4) is 11.5 Å². The van der Waals surface area contributed by atoms with E-state index in [1.807, 2.05) is 20.8 Å². The molecule has 4 N–H and O–H groups in total. The highest BCUT2D eigenvalue weighted by Gasteiger charge is 2.25. The number of amides is 2. The van der Waals surface area contributed by atoms with Crippen molar-refractivity contribution in [1.82, 2.24) is 19.8 Å². The number of benzene rings is 4. The molecule has 0 aliphatic rings. The highest BCUT2D eigenvalue weighted by atomic mass is 19.1. The van der Waals surface area contributed by atoms with Crippen LogP contribution in [0.1, 0.15) is 83.3 Å². The molecule has 1 atom stereocenters. The lowest BCUT2D eigenvalue weighted by Crippen LogP contribution is -2.33. The summed E-state index contributed by atoms with van der Waals surface area (Å²) in [6.07, 6.45) is 2.47. The van der Waals surface area contributed by atoms with Gasteiger partial charge in [-0.25, -0.2) is 17.6 Å². The zero-order valence-corrected chi connectivity index (χ0v) is 32.7. The van der Waals surface area contributed by atoms with Gasteiger partial charge in [0.15, 0.2) is 23.1 Å². The fraction of sp³-hybridized carbons (Fsp3) is 0.273. The first kappa shape index (κ1) is 42.7. The van der Waals surface area contributed by atoms with E-state index in [0.29, 0.717) is 39.8 Å². The van der Waals surface area contributed by atoms with Gasteiger partial charge in [0.2, 0.25) is 11.8 Å². The number of aromatic nitrogens is 2. The number of carbonyl (C=O) groups excluding carboxylic acids is 4. The van der Waals surface area contributed by atoms with Gasteiger partial charge in [-0.1, -0.05) is 32.4 Å². The molecule has 14 heteroatoms. The van der Waals surface area contributed by atoms with E-state index in [0.717, 1.165) is 43.5 Å². The maximum atomic E-state index is 14.1. The Hall–Kier alpha value is -6.44. The van der Waals surface area contributed by atoms with Gasteiger partial charge in [-0.15, -0.1) is 0 Å². The molecule has 1 unspecified atom stereocenters. The summed E-state index contributed by atoms with van der Waals surface area (Å²) in [5.41, 5.74) is 2.48. The van der Waals surface area contributed by atoms with E-state index in [9.17, 15) is 47.0 Å². The van der Waals surface area contributed by atoms with Crippen LogP contribution in [0.15, 0.2) is 72.8 Å². The molecule has 2 heterocycles. The van der Waals surface area contributed by atoms with E-state index in [1.54, 1.807) is 13.8 Å². The molecule has 4 aromatic carbocycles. The van der Waals surface area contributed by atoms with Crippen molar-refractivity contribution in [3.63, 3.8) is 0 Å². The van der Waals surface area contributed by atoms with Gasteiger partial charge in [0.25, 0.3) is 11.8 Å². The molecule has 6 aromatic rings. The number of phenols is 2. The molecule has 0 saturated carbocycles. The number of unbranched alkanes of at least 4 members (excludes halogenated alkanes) is 1. The molecule has 0 bridgehead atoms. The van der Waals surface area contributed by atoms with E-state index >= 15 is 0 Å². The highest BCUT2D eigenvalue weighted by Crippen LogP contribution is 2.34. The van der Waals surface area contributed by atoms with Gasteiger partial charge in [0, 0.05) is 58.0 Å². The molecule has 304 valence electrons. The Bertz CT molecular complexity index is 2540. The molecule has 0 fully saturated rings. The fourth-order valence-electron chi connectivity index (χ4n) is 6.66. The predicted molar refractivity (Wildman–Crippen MR) is 212 cm³/mol. The summed E-state index contributed by atoms with van der Waals surface area (Å²) in [6.45, 7) is 9.65. The molecule has 0 radical (unpaired) electrons. The highest BCUT2D eigenvalue weighted by molar-refractivity contribution is 6.06. The van der Waals surface area contributed by atoms with E-state index in [-0.39, 0.29) is 52.9 Å². The van der Waals surface area contributed by atoms with Crippen molar-refractivity contribution in [3.05, 3.63) is 130 Å². The number of fused-ring (bicyclic) bond motifs is 2. The van der Waals surface area contributed by atoms with E-state index in [1.165, 1.54) is 57.7 Å². The summed E-state index contributed by atoms with van der Waals surface area (Å²) in [4.78, 5) is 50.9. The SMILES string of the molecule is CCC(C)NC(=O)Cc1c(C)n(C(=O)c2cccc(F)c2)c2cc(F)c(O)cc12.CCCCNC(=O)Cc1c(C)n(C(=O)c2cccc(F)c2)c2cc(F)c(O)cc12. The summed E-state index contributed by atoms with van der Waals surface area (Å²) in [6, 6.07) is 14.9. The molecule has 10 nitrogen and oxygen atoms in total. The second-order valence-corrected chi connectivity index (χ2v) is 14.0. The van der Waals surface area contributed by atoms with Crippen LogP contribution < -0.4 is 10.6 Å². The number of nitrogens with zero attached hydrogens (tertiary/aromatic N) is 2. The maximum absolute atomic E-state index is 14.1. The minimum atomic E-state index is -0.890. The van der Waals surface area contributed by atoms with E-state index < -0.39 is 46.6 Å². The van der Waals surface area contributed by atoms with Crippen LogP contribution >= 0.6 is 0 Å². The number of carbonyl (C=O) groups is 4. The first-order valence-electron chi connectivity index (χ1n) is 18.8. The molecule has 58 heavy (non-hydrogen) atoms. The Morgan fingerprint density at radius 3 is 1.53 bits per heavy atom. The second-order valence-electron chi connectivity index (χ2n) is 14.0. The van der Waals surface area contributed by atoms with Gasteiger partial charge in [-0.05, 0) is 93.3 Å². The maximum Gasteiger partial charge on any atom is 0.262 e. The standard InChI is InChI=1S/2C22H22F2N2O3/c1-4-12(2)25-21(28)10-16-13(3)26(19-11-18(24)20(27)9-17(16)19)22(29)14-6-5-7-15(23)8-14;1-3-4-8-25-21(28)11-16-13(2)26(19-12-18(24)20(27)10-17(16)19)22(29)14-6-5-7-15(23)9-14/h5-9,11-12,27H,4,10H2,1-3H3,(H,25,28);5-7,9-10,12,27H,3-4,8,11H2,1-2H3,(H,25,28). The lowest BCUT2D eigenvalue weighted by molar-refractivity contribution is -0.121. The Morgan fingerprint density at radius 2 is 1.12 bits per heavy atom. The zero-order valence-electron chi connectivity index (χ0n) is 32.7. The molecular weight excluding hydrogens is 756 g/mol. The number of hydrogen-bond donors (Lipinski definition) is 4. The average Bonchev–Trinajstić information content (AvgIpc) is 3.58. The Morgan fingerprint density at radius 1 is 0.672 bits per heavy atom. The predicted octanol–water partition coefficient (Wildman–Crippen LogP) is 8.16. The third-order valence-corrected chi connectivity index (χ3v) is 9.90. The van der Waals surface area contributed by atoms with Gasteiger partial charge in [-0.3, -0.25) is 28.3 Å². The quantitative estimate of drug-likeness (QED) is 0.0770. The lowest BCUT2D eigenvalue weighted by atomic mass is 10.1. The number of phenolic OH excluding ortho intramolecular Hbond substituents is 2. The van der Waals surface area contributed by atoms with Crippen molar-refractivity contribution in [2.75, 3.05) is 6.54 Å². The number of rotatable bonds is 11. The van der Waals surface area contributed by atoms with Crippen LogP contribution in [0.2, 0.25) is 0 Å². The van der Waals surface area contributed by atoms with Gasteiger partial charge in [0.1, 0.15) is 11.6 Å². The van der Waals surface area contributed by atoms with Crippen molar-refractivity contribution in [2.45, 2.75) is 72.8 Å². The molecule has 6 rings (SSSR count). The monoisotopic (exact) mass is 800 g/mol. The number of halogens is 4. The molecule has 0 saturated heterocycles. The fourth-order valence-corrected chi connectivity index (χ4v) is 6.66. The Kier molecular flexibility index (Phi) is 13.4. The van der Waals surface area contributed by atoms with Gasteiger partial charge in [-0.2, -0.15) is 0 Å². The lowest BCUT2D eigenvalue weighted by Gasteiger charge is -2.11. The number of nitrogens with one attached hydrogen (secondary N) is 2. The molecule has 2 aromatic heterocycles. The third-order valence-electron chi connectivity index (χ3n) is 9.90. The van der Waals surface area contributed by atoms with E-state index in [2.05, 4.69) is 10.6 Å². The van der Waals surface area contributed by atoms with Crippen LogP contribution in [-0.2, 0) is 22.4 Å². The summed E-state index contributed by atoms with van der Waals surface area (Å²) in [7, 11) is 0. The molecular formula is C44H44F4N4O6. The average molecular weight is 801 g/mol. The summed E-state index contributed by atoms with van der Waals surface area (Å²) < 4.78 is 57.8. The normalized spacial score (nSPS) is 11.6. The summed E-state index contributed by atoms with van der Waals surface area (Å²) in [5, 5.41) is 26.1. The molecule has 2 amide bonds. The van der Waals surface area contributed by atoms with Gasteiger partial charge in [0.05, 0.1) is 23.9 Å². The van der Waals surface area contributed by atoms with Gasteiger partial charge < -0.3 is 20.8 Å². The van der Waals surface area contributed by atoms with Crippen LogP contribution in [0.5, 0.6) is 11.5 Å². The van der Waals surface area contributed by atoms with Crippen LogP contribution in [0.25, 0.3) is 21.8 Å². The van der Waals surface area contributed by atoms with Crippen molar-refractivity contribution in [1.29, 1.82) is 0 Å². The van der Waals surface area contributed by atoms with Crippen molar-refractivity contribution < 1.29 is 47.0 Å². The minimum Gasteiger partial charge on any atom is -0.505 e. The Balaban J connectivity index is 0.000000221. The number of hydrogen-bond acceptors (Lipinski definition) is 6. The molecule has 0 spiro atoms. The largest absolute Gasteiger partial charge is 0.505 e. The van der Waals surface area contributed by atoms with Crippen LogP contribution in [-0.4, -0.2) is 55.6 Å². The van der Waals surface area contributed by atoms with Crippen LogP contribution in [0, 0.1) is 37.1 Å². The third kappa shape index (κ3) is 9.22. The van der Waals surface area contributed by atoms with Crippen LogP contribution in [0.3, 0.4) is 0 Å². The molecule has 0 aliphatic carbocycles. The Labute approximate surface area is 332 Å².